The SMILES string of the molecule is Cc1cccc(-c2nc(N)c(Br)c(CC(C)C)n2)c1C. The van der Waals surface area contributed by atoms with E-state index in [1.807, 2.05) is 12.1 Å². The summed E-state index contributed by atoms with van der Waals surface area (Å²) >= 11 is 3.50. The van der Waals surface area contributed by atoms with E-state index in [4.69, 9.17) is 10.7 Å². The van der Waals surface area contributed by atoms with E-state index >= 15 is 0 Å². The summed E-state index contributed by atoms with van der Waals surface area (Å²) in [6.07, 6.45) is 0.880. The van der Waals surface area contributed by atoms with Crippen LogP contribution in [0, 0.1) is 19.8 Å². The van der Waals surface area contributed by atoms with Gasteiger partial charge in [0.25, 0.3) is 0 Å². The van der Waals surface area contributed by atoms with Crippen molar-refractivity contribution in [1.29, 1.82) is 0 Å². The highest BCUT2D eigenvalue weighted by molar-refractivity contribution is 9.10. The zero-order valence-corrected chi connectivity index (χ0v) is 14.0. The zero-order valence-electron chi connectivity index (χ0n) is 12.4. The van der Waals surface area contributed by atoms with E-state index in [-0.39, 0.29) is 0 Å². The van der Waals surface area contributed by atoms with Crippen LogP contribution in [0.1, 0.15) is 30.7 Å². The first-order chi connectivity index (χ1) is 9.40. The van der Waals surface area contributed by atoms with Gasteiger partial charge in [-0.05, 0) is 53.2 Å². The summed E-state index contributed by atoms with van der Waals surface area (Å²) in [7, 11) is 0. The van der Waals surface area contributed by atoms with E-state index < -0.39 is 0 Å². The van der Waals surface area contributed by atoms with Crippen LogP contribution in [0.5, 0.6) is 0 Å². The third-order valence-electron chi connectivity index (χ3n) is 3.39. The third-order valence-corrected chi connectivity index (χ3v) is 4.26. The molecule has 2 aromatic rings. The lowest BCUT2D eigenvalue weighted by atomic mass is 10.0. The molecule has 3 nitrogen and oxygen atoms in total. The zero-order chi connectivity index (χ0) is 14.9. The number of rotatable bonds is 3. The molecule has 106 valence electrons. The molecule has 0 unspecified atom stereocenters. The van der Waals surface area contributed by atoms with Gasteiger partial charge in [0.1, 0.15) is 5.82 Å². The van der Waals surface area contributed by atoms with Crippen LogP contribution in [0.15, 0.2) is 22.7 Å². The molecular formula is C16H20BrN3. The molecule has 4 heteroatoms. The van der Waals surface area contributed by atoms with Crippen molar-refractivity contribution in [2.75, 3.05) is 5.73 Å². The van der Waals surface area contributed by atoms with Gasteiger partial charge in [0.15, 0.2) is 5.82 Å². The van der Waals surface area contributed by atoms with Gasteiger partial charge in [-0.1, -0.05) is 32.0 Å². The lowest BCUT2D eigenvalue weighted by Gasteiger charge is -2.13. The van der Waals surface area contributed by atoms with Gasteiger partial charge in [-0.25, -0.2) is 9.97 Å². The van der Waals surface area contributed by atoms with Crippen LogP contribution in [-0.2, 0) is 6.42 Å². The Labute approximate surface area is 128 Å². The normalized spacial score (nSPS) is 11.1. The second kappa shape index (κ2) is 5.92. The van der Waals surface area contributed by atoms with Crippen molar-refractivity contribution in [3.63, 3.8) is 0 Å². The topological polar surface area (TPSA) is 51.8 Å². The van der Waals surface area contributed by atoms with Crippen LogP contribution in [0.4, 0.5) is 5.82 Å². The van der Waals surface area contributed by atoms with Crippen LogP contribution < -0.4 is 5.73 Å². The number of nitrogens with zero attached hydrogens (tertiary/aromatic N) is 2. The molecule has 0 aliphatic heterocycles. The Morgan fingerprint density at radius 3 is 2.55 bits per heavy atom. The molecule has 0 amide bonds. The summed E-state index contributed by atoms with van der Waals surface area (Å²) in [5.41, 5.74) is 10.5. The van der Waals surface area contributed by atoms with E-state index in [0.29, 0.717) is 17.6 Å². The second-order valence-corrected chi connectivity index (χ2v) is 6.33. The minimum Gasteiger partial charge on any atom is -0.383 e. The summed E-state index contributed by atoms with van der Waals surface area (Å²) in [5.74, 6) is 1.74. The first-order valence-corrected chi connectivity index (χ1v) is 7.58. The summed E-state index contributed by atoms with van der Waals surface area (Å²) in [4.78, 5) is 9.14. The fourth-order valence-corrected chi connectivity index (χ4v) is 2.49. The molecular weight excluding hydrogens is 314 g/mol. The highest BCUT2D eigenvalue weighted by Crippen LogP contribution is 2.29. The van der Waals surface area contributed by atoms with Gasteiger partial charge in [-0.15, -0.1) is 0 Å². The Bertz CT molecular complexity index is 636. The van der Waals surface area contributed by atoms with Crippen molar-refractivity contribution in [2.24, 2.45) is 5.92 Å². The van der Waals surface area contributed by atoms with Crippen molar-refractivity contribution in [3.8, 4) is 11.4 Å². The molecule has 1 aromatic heterocycles. The summed E-state index contributed by atoms with van der Waals surface area (Å²) < 4.78 is 0.820. The van der Waals surface area contributed by atoms with Crippen molar-refractivity contribution >= 4 is 21.7 Å². The molecule has 1 aromatic carbocycles. The van der Waals surface area contributed by atoms with E-state index in [9.17, 15) is 0 Å². The van der Waals surface area contributed by atoms with E-state index in [0.717, 1.165) is 22.2 Å². The van der Waals surface area contributed by atoms with Crippen LogP contribution >= 0.6 is 15.9 Å². The molecule has 0 aliphatic rings. The number of nitrogen functional groups attached to an aromatic ring is 1. The lowest BCUT2D eigenvalue weighted by Crippen LogP contribution is -2.06. The minimum absolute atomic E-state index is 0.506. The molecule has 0 radical (unpaired) electrons. The average Bonchev–Trinajstić information content (AvgIpc) is 2.37. The molecule has 2 rings (SSSR count). The third kappa shape index (κ3) is 3.01. The minimum atomic E-state index is 0.506. The number of hydrogen-bond donors (Lipinski definition) is 1. The molecule has 20 heavy (non-hydrogen) atoms. The van der Waals surface area contributed by atoms with Crippen LogP contribution in [0.25, 0.3) is 11.4 Å². The van der Waals surface area contributed by atoms with Crippen LogP contribution in [-0.4, -0.2) is 9.97 Å². The first kappa shape index (κ1) is 15.0. The van der Waals surface area contributed by atoms with Crippen LogP contribution in [0.3, 0.4) is 0 Å². The molecule has 0 saturated heterocycles. The summed E-state index contributed by atoms with van der Waals surface area (Å²) in [6, 6.07) is 6.17. The number of hydrogen-bond acceptors (Lipinski definition) is 3. The number of aryl methyl sites for hydroxylation is 1. The fraction of sp³-hybridized carbons (Fsp3) is 0.375. The maximum absolute atomic E-state index is 6.02. The van der Waals surface area contributed by atoms with Gasteiger partial charge in [0, 0.05) is 5.56 Å². The number of halogens is 1. The van der Waals surface area contributed by atoms with Gasteiger partial charge in [0.05, 0.1) is 10.2 Å². The Balaban J connectivity index is 2.57. The van der Waals surface area contributed by atoms with Crippen LogP contribution in [0.2, 0.25) is 0 Å². The van der Waals surface area contributed by atoms with Gasteiger partial charge in [-0.3, -0.25) is 0 Å². The first-order valence-electron chi connectivity index (χ1n) is 6.78. The second-order valence-electron chi connectivity index (χ2n) is 5.54. The Morgan fingerprint density at radius 1 is 1.20 bits per heavy atom. The smallest absolute Gasteiger partial charge is 0.162 e. The molecule has 0 fully saturated rings. The molecule has 0 atom stereocenters. The highest BCUT2D eigenvalue weighted by atomic mass is 79.9. The molecule has 0 saturated carbocycles. The van der Waals surface area contributed by atoms with Crippen molar-refractivity contribution in [1.82, 2.24) is 9.97 Å². The van der Waals surface area contributed by atoms with Gasteiger partial charge in [0.2, 0.25) is 0 Å². The summed E-state index contributed by atoms with van der Waals surface area (Å²) in [6.45, 7) is 8.52. The molecule has 0 bridgehead atoms. The lowest BCUT2D eigenvalue weighted by molar-refractivity contribution is 0.633. The maximum atomic E-state index is 6.02. The van der Waals surface area contributed by atoms with E-state index in [2.05, 4.69) is 54.7 Å². The number of benzene rings is 1. The summed E-state index contributed by atoms with van der Waals surface area (Å²) in [5, 5.41) is 0. The fourth-order valence-electron chi connectivity index (χ4n) is 2.15. The van der Waals surface area contributed by atoms with Crippen molar-refractivity contribution < 1.29 is 0 Å². The molecule has 0 spiro atoms. The Hall–Kier alpha value is -1.42. The quantitative estimate of drug-likeness (QED) is 0.910. The predicted molar refractivity (Wildman–Crippen MR) is 87.6 cm³/mol. The number of anilines is 1. The van der Waals surface area contributed by atoms with Crippen molar-refractivity contribution in [2.45, 2.75) is 34.1 Å². The number of nitrogens with two attached hydrogens (primary N) is 1. The largest absolute Gasteiger partial charge is 0.383 e. The predicted octanol–water partition coefficient (Wildman–Crippen LogP) is 4.30. The van der Waals surface area contributed by atoms with Crippen molar-refractivity contribution in [3.05, 3.63) is 39.5 Å². The highest BCUT2D eigenvalue weighted by Gasteiger charge is 2.14. The standard InChI is InChI=1S/C16H20BrN3/c1-9(2)8-13-14(17)15(18)20-16(19-13)12-7-5-6-10(3)11(12)4/h5-7,9H,8H2,1-4H3,(H2,18,19,20). The van der Waals surface area contributed by atoms with Gasteiger partial charge >= 0.3 is 0 Å². The van der Waals surface area contributed by atoms with Gasteiger partial charge < -0.3 is 5.73 Å². The van der Waals surface area contributed by atoms with E-state index in [1.165, 1.54) is 11.1 Å². The number of aromatic nitrogens is 2. The maximum Gasteiger partial charge on any atom is 0.162 e. The molecule has 2 N–H and O–H groups in total. The van der Waals surface area contributed by atoms with Gasteiger partial charge in [-0.2, -0.15) is 0 Å². The Kier molecular flexibility index (Phi) is 4.43. The monoisotopic (exact) mass is 333 g/mol. The molecule has 1 heterocycles. The molecule has 0 aliphatic carbocycles. The average molecular weight is 334 g/mol. The van der Waals surface area contributed by atoms with E-state index in [1.54, 1.807) is 0 Å². The Morgan fingerprint density at radius 2 is 1.90 bits per heavy atom.